The van der Waals surface area contributed by atoms with E-state index >= 15 is 0 Å². The van der Waals surface area contributed by atoms with Crippen LogP contribution < -0.4 is 14.4 Å². The third-order valence-corrected chi connectivity index (χ3v) is 12.6. The number of carbonyl (C=O) groups is 1. The van der Waals surface area contributed by atoms with Gasteiger partial charge in [0.1, 0.15) is 5.75 Å². The predicted molar refractivity (Wildman–Crippen MR) is 172 cm³/mol. The first-order valence-electron chi connectivity index (χ1n) is 15.8. The number of aliphatic hydroxyl groups excluding tert-OH is 1. The zero-order chi connectivity index (χ0) is 31.1. The summed E-state index contributed by atoms with van der Waals surface area (Å²) in [5.74, 6) is 0.105. The lowest BCUT2D eigenvalue weighted by atomic mass is 9.68. The summed E-state index contributed by atoms with van der Waals surface area (Å²) in [5.41, 5.74) is 3.27. The Morgan fingerprint density at radius 2 is 2.05 bits per heavy atom. The number of methoxy groups -OCH3 is 1. The van der Waals surface area contributed by atoms with Crippen LogP contribution in [0.1, 0.15) is 66.9 Å². The monoisotopic (exact) mass is 642 g/mol. The van der Waals surface area contributed by atoms with Gasteiger partial charge in [0.05, 0.1) is 23.6 Å². The van der Waals surface area contributed by atoms with Crippen LogP contribution in [0.25, 0.3) is 0 Å². The SMILES string of the molecule is COCC[C@@H]1[C@@H](C)C/C=C\[C@@H](O)[C@@H]2CC[C@H]2CN2C[C@@]3(CCCc4cc(Cl)ccc43)COc3ccc(cc32)C(=O)NS1(=O)=O. The molecule has 1 amide bonds. The largest absolute Gasteiger partial charge is 0.490 e. The van der Waals surface area contributed by atoms with E-state index in [1.807, 2.05) is 25.1 Å². The van der Waals surface area contributed by atoms with Crippen LogP contribution in [-0.2, 0) is 26.6 Å². The Labute approximate surface area is 265 Å². The van der Waals surface area contributed by atoms with Crippen LogP contribution in [0.5, 0.6) is 5.75 Å². The zero-order valence-corrected chi connectivity index (χ0v) is 27.1. The number of rotatable bonds is 3. The molecule has 1 saturated carbocycles. The van der Waals surface area contributed by atoms with Crippen LogP contribution in [-0.4, -0.2) is 64.2 Å². The summed E-state index contributed by atoms with van der Waals surface area (Å²) in [7, 11) is -2.49. The molecular weight excluding hydrogens is 600 g/mol. The number of halogens is 1. The normalized spacial score (nSPS) is 32.3. The highest BCUT2D eigenvalue weighted by atomic mass is 35.5. The van der Waals surface area contributed by atoms with Gasteiger partial charge in [-0.15, -0.1) is 0 Å². The second-order valence-corrected chi connectivity index (χ2v) is 15.6. The van der Waals surface area contributed by atoms with Gasteiger partial charge in [0.15, 0.2) is 0 Å². The van der Waals surface area contributed by atoms with Crippen molar-refractivity contribution >= 4 is 33.2 Å². The van der Waals surface area contributed by atoms with Gasteiger partial charge in [-0.25, -0.2) is 13.1 Å². The van der Waals surface area contributed by atoms with Crippen molar-refractivity contribution in [3.05, 3.63) is 70.3 Å². The summed E-state index contributed by atoms with van der Waals surface area (Å²) in [5, 5.41) is 11.1. The van der Waals surface area contributed by atoms with Gasteiger partial charge >= 0.3 is 0 Å². The summed E-state index contributed by atoms with van der Waals surface area (Å²) in [6.07, 6.45) is 8.72. The van der Waals surface area contributed by atoms with Gasteiger partial charge in [0, 0.05) is 42.8 Å². The fourth-order valence-corrected chi connectivity index (χ4v) is 9.63. The molecule has 1 spiro atoms. The lowest BCUT2D eigenvalue weighted by molar-refractivity contribution is 0.0455. The van der Waals surface area contributed by atoms with E-state index in [0.29, 0.717) is 31.9 Å². The topological polar surface area (TPSA) is 105 Å². The fourth-order valence-electron chi connectivity index (χ4n) is 7.78. The molecule has 2 aromatic rings. The van der Waals surface area contributed by atoms with Gasteiger partial charge in [0.2, 0.25) is 10.0 Å². The highest BCUT2D eigenvalue weighted by Crippen LogP contribution is 2.46. The molecule has 2 aliphatic heterocycles. The van der Waals surface area contributed by atoms with Crippen LogP contribution in [0.2, 0.25) is 5.02 Å². The molecule has 0 aromatic heterocycles. The molecule has 2 aliphatic carbocycles. The Balaban J connectivity index is 1.41. The van der Waals surface area contributed by atoms with E-state index < -0.39 is 27.3 Å². The first-order valence-corrected chi connectivity index (χ1v) is 17.7. The van der Waals surface area contributed by atoms with Crippen LogP contribution in [0.3, 0.4) is 0 Å². The number of amides is 1. The predicted octanol–water partition coefficient (Wildman–Crippen LogP) is 5.26. The van der Waals surface area contributed by atoms with E-state index in [1.165, 1.54) is 18.2 Å². The van der Waals surface area contributed by atoms with Gasteiger partial charge in [0.25, 0.3) is 5.91 Å². The van der Waals surface area contributed by atoms with Crippen molar-refractivity contribution in [2.45, 2.75) is 68.6 Å². The highest BCUT2D eigenvalue weighted by molar-refractivity contribution is 7.90. The lowest BCUT2D eigenvalue weighted by Gasteiger charge is -2.45. The maximum Gasteiger partial charge on any atom is 0.264 e. The van der Waals surface area contributed by atoms with Gasteiger partial charge < -0.3 is 19.5 Å². The summed E-state index contributed by atoms with van der Waals surface area (Å²) in [6.45, 7) is 3.99. The number of aliphatic hydroxyl groups is 1. The number of nitrogens with one attached hydrogen (secondary N) is 1. The van der Waals surface area contributed by atoms with Crippen molar-refractivity contribution in [2.24, 2.45) is 17.8 Å². The summed E-state index contributed by atoms with van der Waals surface area (Å²) in [6, 6.07) is 11.4. The number of ether oxygens (including phenoxy) is 2. The van der Waals surface area contributed by atoms with Gasteiger partial charge in [-0.1, -0.05) is 36.7 Å². The maximum atomic E-state index is 13.6. The summed E-state index contributed by atoms with van der Waals surface area (Å²) >= 11 is 6.40. The lowest BCUT2D eigenvalue weighted by Crippen LogP contribution is -2.49. The molecule has 2 N–H and O–H groups in total. The Morgan fingerprint density at radius 3 is 2.82 bits per heavy atom. The van der Waals surface area contributed by atoms with Crippen molar-refractivity contribution in [1.82, 2.24) is 4.72 Å². The molecule has 0 radical (unpaired) electrons. The number of benzene rings is 2. The number of aryl methyl sites for hydroxylation is 1. The summed E-state index contributed by atoms with van der Waals surface area (Å²) in [4.78, 5) is 15.9. The standard InChI is InChI=1S/C34H43ClN2O6S/c1-22-5-3-7-30(38)27-11-8-25(27)19-37-20-34(15-4-6-23-17-26(35)10-12-28(23)34)21-43-31-13-9-24(18-29(31)37)33(39)36-44(40,41)32(22)14-16-42-2/h3,7,9-10,12-13,17-18,22,25,27,30,32,38H,4-6,8,11,14-16,19-21H2,1-2H3,(H,36,39)/b7-3-/t22-,25-,27+,30+,32+,34-/m0/s1. The van der Waals surface area contributed by atoms with E-state index in [-0.39, 0.29) is 41.8 Å². The Hall–Kier alpha value is -2.59. The average molecular weight is 643 g/mol. The van der Waals surface area contributed by atoms with Crippen molar-refractivity contribution in [3.63, 3.8) is 0 Å². The van der Waals surface area contributed by atoms with E-state index in [0.717, 1.165) is 42.8 Å². The van der Waals surface area contributed by atoms with E-state index in [2.05, 4.69) is 21.8 Å². The smallest absolute Gasteiger partial charge is 0.264 e. The minimum Gasteiger partial charge on any atom is -0.490 e. The molecular formula is C34H43ClN2O6S. The molecule has 2 aromatic carbocycles. The maximum absolute atomic E-state index is 13.6. The molecule has 0 saturated heterocycles. The molecule has 6 rings (SSSR count). The van der Waals surface area contributed by atoms with Crippen molar-refractivity contribution in [2.75, 3.05) is 38.3 Å². The molecule has 44 heavy (non-hydrogen) atoms. The van der Waals surface area contributed by atoms with Crippen molar-refractivity contribution < 1.29 is 27.8 Å². The second-order valence-electron chi connectivity index (χ2n) is 13.2. The average Bonchev–Trinajstić information content (AvgIpc) is 3.11. The first-order chi connectivity index (χ1) is 21.1. The van der Waals surface area contributed by atoms with Gasteiger partial charge in [-0.2, -0.15) is 0 Å². The first kappa shape index (κ1) is 31.4. The van der Waals surface area contributed by atoms with Crippen LogP contribution in [0.4, 0.5) is 5.69 Å². The van der Waals surface area contributed by atoms with Crippen molar-refractivity contribution in [1.29, 1.82) is 0 Å². The molecule has 2 heterocycles. The number of fused-ring (bicyclic) bond motifs is 4. The number of hydrogen-bond donors (Lipinski definition) is 2. The van der Waals surface area contributed by atoms with E-state index in [4.69, 9.17) is 21.1 Å². The molecule has 1 fully saturated rings. The third kappa shape index (κ3) is 6.13. The fraction of sp³-hybridized carbons (Fsp3) is 0.559. The molecule has 6 atom stereocenters. The number of carbonyl (C=O) groups excluding carboxylic acids is 1. The Bertz CT molecular complexity index is 1530. The quantitative estimate of drug-likeness (QED) is 0.440. The molecule has 0 unspecified atom stereocenters. The number of sulfonamides is 1. The summed E-state index contributed by atoms with van der Waals surface area (Å²) < 4.78 is 41.3. The number of anilines is 1. The van der Waals surface area contributed by atoms with Gasteiger partial charge in [-0.3, -0.25) is 4.79 Å². The van der Waals surface area contributed by atoms with Crippen LogP contribution in [0, 0.1) is 17.8 Å². The molecule has 4 aliphatic rings. The van der Waals surface area contributed by atoms with Gasteiger partial charge in [-0.05, 0) is 104 Å². The Morgan fingerprint density at radius 1 is 1.20 bits per heavy atom. The van der Waals surface area contributed by atoms with Crippen molar-refractivity contribution in [3.8, 4) is 5.75 Å². The number of nitrogens with zero attached hydrogens (tertiary/aromatic N) is 1. The van der Waals surface area contributed by atoms with Crippen LogP contribution in [0.15, 0.2) is 48.6 Å². The minimum atomic E-state index is -4.02. The highest BCUT2D eigenvalue weighted by Gasteiger charge is 2.44. The van der Waals surface area contributed by atoms with E-state index in [9.17, 15) is 18.3 Å². The molecule has 8 nitrogen and oxygen atoms in total. The number of allylic oxidation sites excluding steroid dienone is 1. The zero-order valence-electron chi connectivity index (χ0n) is 25.5. The molecule has 10 heteroatoms. The van der Waals surface area contributed by atoms with E-state index in [1.54, 1.807) is 18.2 Å². The minimum absolute atomic E-state index is 0.106. The third-order valence-electron chi connectivity index (χ3n) is 10.4. The number of hydrogen-bond acceptors (Lipinski definition) is 7. The van der Waals surface area contributed by atoms with Crippen LogP contribution >= 0.6 is 11.6 Å². The molecule has 2 bridgehead atoms. The molecule has 238 valence electrons. The Kier molecular flexibility index (Phi) is 9.03. The second kappa shape index (κ2) is 12.7.